The standard InChI is InChI=1S/2C14H17N3O2S/c2*18-20(19,17-9-2-6-15-8-10-17)14-4-1-3-12-11-16-7-5-13(12)14/h2*1,3-5,7,11,15H,2,6,8-10H2. The van der Waals surface area contributed by atoms with Crippen LogP contribution in [0.2, 0.25) is 0 Å². The lowest BCUT2D eigenvalue weighted by Gasteiger charge is -2.20. The van der Waals surface area contributed by atoms with Gasteiger partial charge in [0.1, 0.15) is 0 Å². The van der Waals surface area contributed by atoms with Crippen molar-refractivity contribution in [2.75, 3.05) is 52.4 Å². The number of nitrogens with one attached hydrogen (secondary N) is 2. The predicted molar refractivity (Wildman–Crippen MR) is 156 cm³/mol. The van der Waals surface area contributed by atoms with Gasteiger partial charge in [-0.15, -0.1) is 0 Å². The molecule has 212 valence electrons. The summed E-state index contributed by atoms with van der Waals surface area (Å²) in [6.07, 6.45) is 8.32. The first-order valence-corrected chi connectivity index (χ1v) is 16.3. The summed E-state index contributed by atoms with van der Waals surface area (Å²) in [5.41, 5.74) is 0. The number of nitrogens with zero attached hydrogens (tertiary/aromatic N) is 4. The molecule has 0 bridgehead atoms. The molecular formula is C28H34N6O4S2. The van der Waals surface area contributed by atoms with Crippen molar-refractivity contribution in [2.45, 2.75) is 22.6 Å². The van der Waals surface area contributed by atoms with Gasteiger partial charge in [0.05, 0.1) is 9.79 Å². The highest BCUT2D eigenvalue weighted by atomic mass is 32.2. The molecule has 0 amide bonds. The molecule has 0 spiro atoms. The van der Waals surface area contributed by atoms with Gasteiger partial charge in [0.15, 0.2) is 0 Å². The lowest BCUT2D eigenvalue weighted by molar-refractivity contribution is 0.432. The van der Waals surface area contributed by atoms with Crippen molar-refractivity contribution < 1.29 is 16.8 Å². The number of benzene rings is 2. The fourth-order valence-electron chi connectivity index (χ4n) is 5.04. The summed E-state index contributed by atoms with van der Waals surface area (Å²) in [6.45, 7) is 5.30. The third kappa shape index (κ3) is 6.17. The molecule has 0 unspecified atom stereocenters. The van der Waals surface area contributed by atoms with E-state index in [-0.39, 0.29) is 0 Å². The van der Waals surface area contributed by atoms with Crippen LogP contribution in [0, 0.1) is 0 Å². The largest absolute Gasteiger partial charge is 0.315 e. The maximum atomic E-state index is 12.8. The van der Waals surface area contributed by atoms with E-state index in [1.165, 1.54) is 0 Å². The summed E-state index contributed by atoms with van der Waals surface area (Å²) >= 11 is 0. The number of aromatic nitrogens is 2. The molecule has 0 radical (unpaired) electrons. The highest BCUT2D eigenvalue weighted by Gasteiger charge is 2.27. The van der Waals surface area contributed by atoms with Gasteiger partial charge in [0.2, 0.25) is 20.0 Å². The van der Waals surface area contributed by atoms with E-state index in [2.05, 4.69) is 20.6 Å². The topological polar surface area (TPSA) is 125 Å². The summed E-state index contributed by atoms with van der Waals surface area (Å²) in [6, 6.07) is 14.2. The molecule has 2 aromatic carbocycles. The van der Waals surface area contributed by atoms with Crippen molar-refractivity contribution >= 4 is 41.6 Å². The van der Waals surface area contributed by atoms with E-state index in [4.69, 9.17) is 0 Å². The maximum absolute atomic E-state index is 12.8. The van der Waals surface area contributed by atoms with Gasteiger partial charge in [0.25, 0.3) is 0 Å². The minimum absolute atomic E-state index is 0.374. The second kappa shape index (κ2) is 12.7. The Morgan fingerprint density at radius 2 is 1.02 bits per heavy atom. The second-order valence-electron chi connectivity index (χ2n) is 9.72. The van der Waals surface area contributed by atoms with Gasteiger partial charge in [0, 0.05) is 85.6 Å². The fourth-order valence-corrected chi connectivity index (χ4v) is 8.42. The first-order chi connectivity index (χ1) is 19.4. The first kappa shape index (κ1) is 28.5. The lowest BCUT2D eigenvalue weighted by atomic mass is 10.2. The third-order valence-corrected chi connectivity index (χ3v) is 11.0. The van der Waals surface area contributed by atoms with Crippen LogP contribution in [0.5, 0.6) is 0 Å². The Bertz CT molecular complexity index is 1530. The van der Waals surface area contributed by atoms with Crippen molar-refractivity contribution in [3.63, 3.8) is 0 Å². The van der Waals surface area contributed by atoms with E-state index in [0.29, 0.717) is 49.1 Å². The SMILES string of the molecule is O=S(=O)(c1cccc2cnccc12)N1CCCNCC1.O=S(=O)(c1cccc2cnccc12)N1CCCNCC1. The lowest BCUT2D eigenvalue weighted by Crippen LogP contribution is -2.34. The zero-order valence-corrected chi connectivity index (χ0v) is 23.9. The molecule has 0 aliphatic carbocycles. The van der Waals surface area contributed by atoms with Crippen LogP contribution in [0.4, 0.5) is 0 Å². The van der Waals surface area contributed by atoms with Gasteiger partial charge in [-0.2, -0.15) is 8.61 Å². The van der Waals surface area contributed by atoms with E-state index in [1.807, 2.05) is 12.1 Å². The molecule has 2 aromatic heterocycles. The predicted octanol–water partition coefficient (Wildman–Crippen LogP) is 2.44. The van der Waals surface area contributed by atoms with Crippen LogP contribution in [0.1, 0.15) is 12.8 Å². The smallest absolute Gasteiger partial charge is 0.243 e. The van der Waals surface area contributed by atoms with Gasteiger partial charge >= 0.3 is 0 Å². The van der Waals surface area contributed by atoms with Crippen molar-refractivity contribution in [2.24, 2.45) is 0 Å². The first-order valence-electron chi connectivity index (χ1n) is 13.5. The zero-order chi connectivity index (χ0) is 28.0. The molecule has 6 rings (SSSR count). The average molecular weight is 583 g/mol. The quantitative estimate of drug-likeness (QED) is 0.376. The number of fused-ring (bicyclic) bond motifs is 2. The van der Waals surface area contributed by atoms with Gasteiger partial charge < -0.3 is 10.6 Å². The van der Waals surface area contributed by atoms with Crippen molar-refractivity contribution in [3.05, 3.63) is 73.3 Å². The molecule has 0 saturated carbocycles. The van der Waals surface area contributed by atoms with Crippen LogP contribution < -0.4 is 10.6 Å². The Morgan fingerprint density at radius 1 is 0.575 bits per heavy atom. The summed E-state index contributed by atoms with van der Waals surface area (Å²) in [5.74, 6) is 0. The van der Waals surface area contributed by atoms with Crippen molar-refractivity contribution in [1.82, 2.24) is 29.2 Å². The number of rotatable bonds is 4. The fraction of sp³-hybridized carbons (Fsp3) is 0.357. The molecule has 2 saturated heterocycles. The van der Waals surface area contributed by atoms with Crippen molar-refractivity contribution in [3.8, 4) is 0 Å². The monoisotopic (exact) mass is 582 g/mol. The van der Waals surface area contributed by atoms with Crippen LogP contribution in [-0.2, 0) is 20.0 Å². The average Bonchev–Trinajstić information content (AvgIpc) is 3.44. The summed E-state index contributed by atoms with van der Waals surface area (Å²) in [4.78, 5) is 8.84. The summed E-state index contributed by atoms with van der Waals surface area (Å²) in [5, 5.41) is 9.61. The summed E-state index contributed by atoms with van der Waals surface area (Å²) in [7, 11) is -6.89. The Labute approximate surface area is 235 Å². The second-order valence-corrected chi connectivity index (χ2v) is 13.5. The molecule has 2 N–H and O–H groups in total. The van der Waals surface area contributed by atoms with E-state index >= 15 is 0 Å². The molecule has 4 heterocycles. The number of hydrogen-bond donors (Lipinski definition) is 2. The Morgan fingerprint density at radius 3 is 1.48 bits per heavy atom. The normalized spacial score (nSPS) is 18.0. The molecule has 40 heavy (non-hydrogen) atoms. The zero-order valence-electron chi connectivity index (χ0n) is 22.2. The van der Waals surface area contributed by atoms with Crippen LogP contribution in [-0.4, -0.2) is 87.8 Å². The molecule has 4 aromatic rings. The summed E-state index contributed by atoms with van der Waals surface area (Å²) < 4.78 is 54.5. The Hall–Kier alpha value is -3.00. The third-order valence-electron chi connectivity index (χ3n) is 7.12. The Kier molecular flexibility index (Phi) is 9.03. The molecular weight excluding hydrogens is 548 g/mol. The minimum atomic E-state index is -3.45. The molecule has 0 atom stereocenters. The highest BCUT2D eigenvalue weighted by Crippen LogP contribution is 2.26. The highest BCUT2D eigenvalue weighted by molar-refractivity contribution is 7.89. The molecule has 2 aliphatic heterocycles. The van der Waals surface area contributed by atoms with E-state index < -0.39 is 20.0 Å². The van der Waals surface area contributed by atoms with Gasteiger partial charge in [-0.3, -0.25) is 9.97 Å². The number of pyridine rings is 2. The van der Waals surface area contributed by atoms with Gasteiger partial charge in [-0.05, 0) is 50.2 Å². The number of hydrogen-bond acceptors (Lipinski definition) is 8. The number of sulfonamides is 2. The van der Waals surface area contributed by atoms with Crippen LogP contribution in [0.25, 0.3) is 21.5 Å². The van der Waals surface area contributed by atoms with E-state index in [9.17, 15) is 16.8 Å². The molecule has 2 aliphatic rings. The van der Waals surface area contributed by atoms with Gasteiger partial charge in [-0.25, -0.2) is 16.8 Å². The molecule has 12 heteroatoms. The van der Waals surface area contributed by atoms with Crippen LogP contribution >= 0.6 is 0 Å². The van der Waals surface area contributed by atoms with E-state index in [0.717, 1.165) is 47.5 Å². The molecule has 2 fully saturated rings. The minimum Gasteiger partial charge on any atom is -0.315 e. The van der Waals surface area contributed by atoms with Crippen LogP contribution in [0.15, 0.2) is 83.1 Å². The van der Waals surface area contributed by atoms with E-state index in [1.54, 1.807) is 69.8 Å². The van der Waals surface area contributed by atoms with Crippen LogP contribution in [0.3, 0.4) is 0 Å². The van der Waals surface area contributed by atoms with Gasteiger partial charge in [-0.1, -0.05) is 24.3 Å². The molecule has 10 nitrogen and oxygen atoms in total. The maximum Gasteiger partial charge on any atom is 0.243 e. The van der Waals surface area contributed by atoms with Crippen molar-refractivity contribution in [1.29, 1.82) is 0 Å². The Balaban J connectivity index is 0.000000161.